The van der Waals surface area contributed by atoms with Gasteiger partial charge in [0.25, 0.3) is 0 Å². The van der Waals surface area contributed by atoms with E-state index >= 15 is 0 Å². The summed E-state index contributed by atoms with van der Waals surface area (Å²) in [4.78, 5) is 10.1. The average Bonchev–Trinajstić information content (AvgIpc) is 1.89. The van der Waals surface area contributed by atoms with E-state index in [9.17, 15) is 4.79 Å². The largest absolute Gasteiger partial charge is 0.463 e. The first-order valence-electron chi connectivity index (χ1n) is 3.42. The molecule has 0 heterocycles. The van der Waals surface area contributed by atoms with Crippen LogP contribution in [0.4, 0.5) is 0 Å². The van der Waals surface area contributed by atoms with Crippen LogP contribution in [-0.4, -0.2) is 41.4 Å². The predicted molar refractivity (Wildman–Crippen MR) is 45.3 cm³/mol. The van der Waals surface area contributed by atoms with Gasteiger partial charge in [-0.05, 0) is 6.92 Å². The highest BCUT2D eigenvalue weighted by Crippen LogP contribution is 1.74. The standard InChI is InChI=1S/C4H10O3Si.C2H6O/c1-4(5)6-2-3-7-8;1-2-3/h2-3H2,1,8H3;3H,2H2,1H3. The molecule has 0 radical (unpaired) electrons. The molecule has 0 saturated heterocycles. The molecule has 5 heteroatoms. The van der Waals surface area contributed by atoms with Crippen molar-refractivity contribution in [3.63, 3.8) is 0 Å². The van der Waals surface area contributed by atoms with Crippen molar-refractivity contribution in [3.8, 4) is 0 Å². The van der Waals surface area contributed by atoms with Crippen molar-refractivity contribution >= 4 is 16.5 Å². The summed E-state index contributed by atoms with van der Waals surface area (Å²) in [5.74, 6) is -0.247. The Bertz CT molecular complexity index is 86.7. The maximum absolute atomic E-state index is 10.1. The van der Waals surface area contributed by atoms with Gasteiger partial charge < -0.3 is 14.3 Å². The zero-order valence-corrected chi connectivity index (χ0v) is 9.29. The lowest BCUT2D eigenvalue weighted by atomic mass is 10.7. The van der Waals surface area contributed by atoms with Gasteiger partial charge in [0.1, 0.15) is 17.1 Å². The molecule has 0 bridgehead atoms. The summed E-state index contributed by atoms with van der Waals surface area (Å²) in [5, 5.41) is 7.57. The van der Waals surface area contributed by atoms with E-state index in [1.807, 2.05) is 0 Å². The molecule has 0 aromatic heterocycles. The minimum Gasteiger partial charge on any atom is -0.463 e. The van der Waals surface area contributed by atoms with Gasteiger partial charge in [0, 0.05) is 13.5 Å². The molecule has 0 atom stereocenters. The molecule has 0 fully saturated rings. The van der Waals surface area contributed by atoms with Gasteiger partial charge in [0.2, 0.25) is 0 Å². The molecular formula is C6H16O4Si. The number of rotatable bonds is 3. The molecule has 1 N–H and O–H groups in total. The molecule has 0 unspecified atom stereocenters. The van der Waals surface area contributed by atoms with Crippen molar-refractivity contribution in [3.05, 3.63) is 0 Å². The molecule has 68 valence electrons. The summed E-state index contributed by atoms with van der Waals surface area (Å²) >= 11 is 0. The first-order valence-corrected chi connectivity index (χ1v) is 4.23. The number of esters is 1. The van der Waals surface area contributed by atoms with Crippen LogP contribution in [0.15, 0.2) is 0 Å². The summed E-state index contributed by atoms with van der Waals surface area (Å²) in [6.07, 6.45) is 0. The highest BCUT2D eigenvalue weighted by molar-refractivity contribution is 5.97. The van der Waals surface area contributed by atoms with Gasteiger partial charge in [-0.2, -0.15) is 0 Å². The molecule has 0 spiro atoms. The van der Waals surface area contributed by atoms with Gasteiger partial charge in [0.15, 0.2) is 0 Å². The Balaban J connectivity index is 0. The zero-order chi connectivity index (χ0) is 9.11. The normalized spacial score (nSPS) is 8.27. The number of carbonyl (C=O) groups excluding carboxylic acids is 1. The molecule has 0 aliphatic carbocycles. The lowest BCUT2D eigenvalue weighted by Crippen LogP contribution is -2.05. The average molecular weight is 180 g/mol. The molecule has 0 rings (SSSR count). The Hall–Kier alpha value is -0.393. The Morgan fingerprint density at radius 3 is 2.27 bits per heavy atom. The van der Waals surface area contributed by atoms with Gasteiger partial charge in [-0.1, -0.05) is 0 Å². The molecule has 0 amide bonds. The highest BCUT2D eigenvalue weighted by Gasteiger charge is 1.87. The number of aliphatic hydroxyl groups is 1. The van der Waals surface area contributed by atoms with Crippen molar-refractivity contribution in [1.29, 1.82) is 0 Å². The van der Waals surface area contributed by atoms with Crippen molar-refractivity contribution < 1.29 is 19.1 Å². The second-order valence-electron chi connectivity index (χ2n) is 1.65. The van der Waals surface area contributed by atoms with Gasteiger partial charge in [-0.15, -0.1) is 0 Å². The second kappa shape index (κ2) is 12.3. The first-order chi connectivity index (χ1) is 5.18. The SMILES string of the molecule is CC(=O)OCCO[SiH3].CCO. The second-order valence-corrected chi connectivity index (χ2v) is 2.23. The summed E-state index contributed by atoms with van der Waals surface area (Å²) in [6.45, 7) is 4.23. The fourth-order valence-corrected chi connectivity index (χ4v) is 0.435. The van der Waals surface area contributed by atoms with Crippen LogP contribution in [0.5, 0.6) is 0 Å². The van der Waals surface area contributed by atoms with E-state index in [-0.39, 0.29) is 12.6 Å². The summed E-state index contributed by atoms with van der Waals surface area (Å²) in [7, 11) is 0.708. The van der Waals surface area contributed by atoms with E-state index in [0.717, 1.165) is 0 Å². The molecule has 0 aromatic carbocycles. The molecule has 11 heavy (non-hydrogen) atoms. The number of aliphatic hydroxyl groups excluding tert-OH is 1. The highest BCUT2D eigenvalue weighted by atomic mass is 28.2. The van der Waals surface area contributed by atoms with Crippen LogP contribution in [0, 0.1) is 0 Å². The van der Waals surface area contributed by atoms with Gasteiger partial charge in [-0.3, -0.25) is 4.79 Å². The van der Waals surface area contributed by atoms with Crippen LogP contribution in [0.25, 0.3) is 0 Å². The third-order valence-electron chi connectivity index (χ3n) is 0.593. The monoisotopic (exact) mass is 180 g/mol. The summed E-state index contributed by atoms with van der Waals surface area (Å²) in [6, 6.07) is 0. The quantitative estimate of drug-likeness (QED) is 0.338. The third kappa shape index (κ3) is 26.2. The molecule has 0 aromatic rings. The topological polar surface area (TPSA) is 55.8 Å². The maximum Gasteiger partial charge on any atom is 0.302 e. The summed E-state index contributed by atoms with van der Waals surface area (Å²) < 4.78 is 9.29. The maximum atomic E-state index is 10.1. The lowest BCUT2D eigenvalue weighted by Gasteiger charge is -1.97. The van der Waals surface area contributed by atoms with Gasteiger partial charge in [-0.25, -0.2) is 0 Å². The Morgan fingerprint density at radius 1 is 1.55 bits per heavy atom. The number of hydrogen-bond donors (Lipinski definition) is 1. The van der Waals surface area contributed by atoms with Gasteiger partial charge >= 0.3 is 5.97 Å². The van der Waals surface area contributed by atoms with Crippen molar-refractivity contribution in [2.45, 2.75) is 13.8 Å². The van der Waals surface area contributed by atoms with E-state index in [0.29, 0.717) is 23.7 Å². The Kier molecular flexibility index (Phi) is 14.8. The van der Waals surface area contributed by atoms with Crippen molar-refractivity contribution in [2.75, 3.05) is 19.8 Å². The van der Waals surface area contributed by atoms with Crippen LogP contribution in [0.3, 0.4) is 0 Å². The van der Waals surface area contributed by atoms with Crippen molar-refractivity contribution in [2.24, 2.45) is 0 Å². The fraction of sp³-hybridized carbons (Fsp3) is 0.833. The van der Waals surface area contributed by atoms with Crippen LogP contribution >= 0.6 is 0 Å². The minimum absolute atomic E-state index is 0.247. The Labute approximate surface area is 70.0 Å². The smallest absolute Gasteiger partial charge is 0.302 e. The Morgan fingerprint density at radius 2 is 2.00 bits per heavy atom. The van der Waals surface area contributed by atoms with Crippen LogP contribution in [0.1, 0.15) is 13.8 Å². The van der Waals surface area contributed by atoms with E-state index in [4.69, 9.17) is 9.53 Å². The lowest BCUT2D eigenvalue weighted by molar-refractivity contribution is -0.141. The number of carbonyl (C=O) groups is 1. The summed E-state index contributed by atoms with van der Waals surface area (Å²) in [5.41, 5.74) is 0. The van der Waals surface area contributed by atoms with E-state index < -0.39 is 0 Å². The van der Waals surface area contributed by atoms with Crippen LogP contribution in [-0.2, 0) is 14.0 Å². The van der Waals surface area contributed by atoms with Crippen LogP contribution < -0.4 is 0 Å². The number of hydrogen-bond acceptors (Lipinski definition) is 4. The zero-order valence-electron chi connectivity index (χ0n) is 7.29. The van der Waals surface area contributed by atoms with E-state index in [2.05, 4.69) is 4.74 Å². The molecule has 0 saturated carbocycles. The molecule has 4 nitrogen and oxygen atoms in total. The molecule has 0 aliphatic heterocycles. The van der Waals surface area contributed by atoms with Gasteiger partial charge in [0.05, 0.1) is 6.61 Å². The fourth-order valence-electron chi connectivity index (χ4n) is 0.269. The first kappa shape index (κ1) is 13.2. The van der Waals surface area contributed by atoms with E-state index in [1.54, 1.807) is 6.92 Å². The van der Waals surface area contributed by atoms with E-state index in [1.165, 1.54) is 6.92 Å². The van der Waals surface area contributed by atoms with Crippen molar-refractivity contribution in [1.82, 2.24) is 0 Å². The third-order valence-corrected chi connectivity index (χ3v) is 1.00. The number of ether oxygens (including phenoxy) is 1. The predicted octanol–water partition coefficient (Wildman–Crippen LogP) is -1.15. The minimum atomic E-state index is -0.247. The molecule has 0 aliphatic rings. The van der Waals surface area contributed by atoms with Crippen LogP contribution in [0.2, 0.25) is 0 Å². The molecular weight excluding hydrogens is 164 g/mol.